The molecule has 0 aromatic heterocycles. The van der Waals surface area contributed by atoms with Crippen molar-refractivity contribution in [1.29, 1.82) is 0 Å². The molecule has 0 aromatic carbocycles. The fourth-order valence-corrected chi connectivity index (χ4v) is 5.49. The van der Waals surface area contributed by atoms with E-state index in [1.165, 1.54) is 43.1 Å². The van der Waals surface area contributed by atoms with Gasteiger partial charge in [0.05, 0.1) is 16.5 Å². The van der Waals surface area contributed by atoms with Crippen molar-refractivity contribution >= 4 is 46.4 Å². The molecule has 2 amide bonds. The fourth-order valence-electron chi connectivity index (χ4n) is 4.94. The van der Waals surface area contributed by atoms with Gasteiger partial charge in [0.1, 0.15) is 6.04 Å². The van der Waals surface area contributed by atoms with Gasteiger partial charge in [0.25, 0.3) is 0 Å². The quantitative estimate of drug-likeness (QED) is 0.254. The predicted molar refractivity (Wildman–Crippen MR) is 150 cm³/mol. The summed E-state index contributed by atoms with van der Waals surface area (Å²) in [5.41, 5.74) is -0.400. The standard InChI is InChI=1S/C26H44N4O3S2/c1-6-8-10-18-14-19(15-18)23(35)27-16-20-11-9-13-30(20)24(31)22(26(3,4)5)28-21(34)17-29(12-7-2)25(32)33/h7,18-20,22H,2,6,8-17H2,1,3-5H3,(H,27,35)(H,28,34)(H,32,33)/t18-,19-,20-,22-/m1/s1. The first-order valence-corrected chi connectivity index (χ1v) is 13.8. The van der Waals surface area contributed by atoms with Crippen molar-refractivity contribution < 1.29 is 14.7 Å². The van der Waals surface area contributed by atoms with Gasteiger partial charge in [-0.15, -0.1) is 6.58 Å². The Morgan fingerprint density at radius 3 is 2.54 bits per heavy atom. The molecular formula is C26H44N4O3S2. The molecular weight excluding hydrogens is 480 g/mol. The first-order chi connectivity index (χ1) is 16.5. The zero-order valence-electron chi connectivity index (χ0n) is 21.8. The Hall–Kier alpha value is -1.74. The number of likely N-dealkylation sites (tertiary alicyclic amines) is 1. The van der Waals surface area contributed by atoms with Gasteiger partial charge in [0.15, 0.2) is 0 Å². The SMILES string of the molecule is C=CCN(CC(=S)N[C@H](C(=O)N1CCC[C@@H]1CNC(=S)[C@H]1C[C@H](CCCC)C1)C(C)(C)C)C(=O)O. The molecule has 2 rings (SSSR count). The van der Waals surface area contributed by atoms with E-state index >= 15 is 0 Å². The lowest BCUT2D eigenvalue weighted by Gasteiger charge is -2.38. The van der Waals surface area contributed by atoms with Crippen LogP contribution in [0.25, 0.3) is 0 Å². The molecule has 9 heteroatoms. The number of thiocarbonyl (C=S) groups is 2. The Morgan fingerprint density at radius 1 is 1.29 bits per heavy atom. The Balaban J connectivity index is 1.94. The van der Waals surface area contributed by atoms with E-state index in [-0.39, 0.29) is 25.0 Å². The zero-order chi connectivity index (χ0) is 26.2. The highest BCUT2D eigenvalue weighted by Crippen LogP contribution is 2.37. The van der Waals surface area contributed by atoms with Gasteiger partial charge >= 0.3 is 6.09 Å². The van der Waals surface area contributed by atoms with Crippen molar-refractivity contribution in [2.24, 2.45) is 17.3 Å². The van der Waals surface area contributed by atoms with Crippen molar-refractivity contribution in [3.63, 3.8) is 0 Å². The van der Waals surface area contributed by atoms with E-state index in [4.69, 9.17) is 24.4 Å². The third kappa shape index (κ3) is 8.70. The van der Waals surface area contributed by atoms with Gasteiger partial charge in [-0.05, 0) is 37.0 Å². The van der Waals surface area contributed by atoms with Crippen LogP contribution in [-0.2, 0) is 4.79 Å². The number of carboxylic acid groups (broad SMARTS) is 1. The molecule has 0 radical (unpaired) electrons. The summed E-state index contributed by atoms with van der Waals surface area (Å²) in [6.07, 6.45) is 8.57. The summed E-state index contributed by atoms with van der Waals surface area (Å²) in [6, 6.07) is -0.458. The van der Waals surface area contributed by atoms with Crippen LogP contribution >= 0.6 is 24.4 Å². The highest BCUT2D eigenvalue weighted by Gasteiger charge is 2.39. The molecule has 0 aromatic rings. The third-order valence-corrected chi connectivity index (χ3v) is 7.84. The predicted octanol–water partition coefficient (Wildman–Crippen LogP) is 4.61. The van der Waals surface area contributed by atoms with E-state index in [1.807, 2.05) is 25.7 Å². The van der Waals surface area contributed by atoms with E-state index in [2.05, 4.69) is 24.1 Å². The zero-order valence-corrected chi connectivity index (χ0v) is 23.5. The van der Waals surface area contributed by atoms with Crippen molar-refractivity contribution in [2.75, 3.05) is 26.2 Å². The highest BCUT2D eigenvalue weighted by molar-refractivity contribution is 7.80. The number of nitrogens with one attached hydrogen (secondary N) is 2. The fraction of sp³-hybridized carbons (Fsp3) is 0.769. The molecule has 2 aliphatic rings. The number of unbranched alkanes of at least 4 members (excludes halogenated alkanes) is 1. The minimum atomic E-state index is -1.07. The number of nitrogens with zero attached hydrogens (tertiary/aromatic N) is 2. The van der Waals surface area contributed by atoms with E-state index in [1.54, 1.807) is 0 Å². The van der Waals surface area contributed by atoms with E-state index in [9.17, 15) is 14.7 Å². The van der Waals surface area contributed by atoms with Crippen LogP contribution in [0, 0.1) is 17.3 Å². The highest BCUT2D eigenvalue weighted by atomic mass is 32.1. The molecule has 35 heavy (non-hydrogen) atoms. The number of hydrogen-bond donors (Lipinski definition) is 3. The molecule has 198 valence electrons. The van der Waals surface area contributed by atoms with Gasteiger partial charge < -0.3 is 20.6 Å². The maximum absolute atomic E-state index is 13.7. The maximum Gasteiger partial charge on any atom is 0.407 e. The molecule has 2 fully saturated rings. The average molecular weight is 525 g/mol. The Morgan fingerprint density at radius 2 is 1.97 bits per heavy atom. The first-order valence-electron chi connectivity index (χ1n) is 12.9. The third-order valence-electron chi connectivity index (χ3n) is 7.12. The molecule has 3 N–H and O–H groups in total. The Bertz CT molecular complexity index is 777. The maximum atomic E-state index is 13.7. The smallest absolute Gasteiger partial charge is 0.407 e. The van der Waals surface area contributed by atoms with Gasteiger partial charge in [-0.25, -0.2) is 4.79 Å². The first kappa shape index (κ1) is 29.5. The number of carbonyl (C=O) groups excluding carboxylic acids is 1. The molecule has 1 aliphatic carbocycles. The van der Waals surface area contributed by atoms with Crippen LogP contribution in [0.4, 0.5) is 4.79 Å². The van der Waals surface area contributed by atoms with Crippen LogP contribution in [0.2, 0.25) is 0 Å². The summed E-state index contributed by atoms with van der Waals surface area (Å²) < 4.78 is 0. The number of amides is 2. The van der Waals surface area contributed by atoms with Crippen molar-refractivity contribution in [2.45, 2.75) is 84.7 Å². The van der Waals surface area contributed by atoms with Gasteiger partial charge in [-0.1, -0.05) is 77.5 Å². The van der Waals surface area contributed by atoms with Crippen molar-refractivity contribution in [3.8, 4) is 0 Å². The minimum absolute atomic E-state index is 0.00365. The van der Waals surface area contributed by atoms with Crippen molar-refractivity contribution in [3.05, 3.63) is 12.7 Å². The summed E-state index contributed by atoms with van der Waals surface area (Å²) in [5, 5.41) is 16.0. The Labute approximate surface area is 222 Å². The largest absolute Gasteiger partial charge is 0.465 e. The molecule has 0 bridgehead atoms. The molecule has 1 aliphatic heterocycles. The lowest BCUT2D eigenvalue weighted by Crippen LogP contribution is -2.58. The Kier molecular flexibility index (Phi) is 11.4. The number of carbonyl (C=O) groups is 2. The monoisotopic (exact) mass is 524 g/mol. The molecule has 7 nitrogen and oxygen atoms in total. The van der Waals surface area contributed by atoms with Crippen LogP contribution in [0.15, 0.2) is 12.7 Å². The summed E-state index contributed by atoms with van der Waals surface area (Å²) in [4.78, 5) is 29.5. The summed E-state index contributed by atoms with van der Waals surface area (Å²) in [6.45, 7) is 13.4. The minimum Gasteiger partial charge on any atom is -0.465 e. The lowest BCUT2D eigenvalue weighted by molar-refractivity contribution is -0.136. The van der Waals surface area contributed by atoms with Crippen molar-refractivity contribution in [1.82, 2.24) is 20.4 Å². The molecule has 0 spiro atoms. The average Bonchev–Trinajstić information content (AvgIpc) is 3.22. The summed E-state index contributed by atoms with van der Waals surface area (Å²) >= 11 is 11.1. The topological polar surface area (TPSA) is 84.9 Å². The molecule has 1 saturated heterocycles. The van der Waals surface area contributed by atoms with Gasteiger partial charge in [-0.3, -0.25) is 9.69 Å². The lowest BCUT2D eigenvalue weighted by atomic mass is 9.72. The van der Waals surface area contributed by atoms with Gasteiger partial charge in [-0.2, -0.15) is 0 Å². The van der Waals surface area contributed by atoms with E-state index in [0.29, 0.717) is 24.0 Å². The summed E-state index contributed by atoms with van der Waals surface area (Å²) in [5.74, 6) is 1.30. The molecule has 1 heterocycles. The van der Waals surface area contributed by atoms with Crippen LogP contribution in [0.1, 0.15) is 72.6 Å². The number of hydrogen-bond acceptors (Lipinski definition) is 4. The summed E-state index contributed by atoms with van der Waals surface area (Å²) in [7, 11) is 0. The van der Waals surface area contributed by atoms with Gasteiger partial charge in [0.2, 0.25) is 5.91 Å². The van der Waals surface area contributed by atoms with E-state index in [0.717, 1.165) is 23.7 Å². The molecule has 2 atom stereocenters. The van der Waals surface area contributed by atoms with Crippen LogP contribution in [0.3, 0.4) is 0 Å². The second-order valence-electron chi connectivity index (χ2n) is 11.1. The molecule has 1 saturated carbocycles. The second-order valence-corrected chi connectivity index (χ2v) is 12.0. The van der Waals surface area contributed by atoms with Crippen LogP contribution in [0.5, 0.6) is 0 Å². The molecule has 0 unspecified atom stereocenters. The normalized spacial score (nSPS) is 22.6. The number of rotatable bonds is 12. The van der Waals surface area contributed by atoms with Crippen LogP contribution in [-0.4, -0.2) is 75.1 Å². The second kappa shape index (κ2) is 13.5. The van der Waals surface area contributed by atoms with Crippen LogP contribution < -0.4 is 10.6 Å². The van der Waals surface area contributed by atoms with Gasteiger partial charge in [0, 0.05) is 31.6 Å². The van der Waals surface area contributed by atoms with E-state index < -0.39 is 17.6 Å².